The van der Waals surface area contributed by atoms with Crippen molar-refractivity contribution in [2.75, 3.05) is 6.54 Å². The first kappa shape index (κ1) is 8.94. The molecule has 3 nitrogen and oxygen atoms in total. The summed E-state index contributed by atoms with van der Waals surface area (Å²) in [5.74, 6) is 0.883. The van der Waals surface area contributed by atoms with Gasteiger partial charge in [0.05, 0.1) is 6.54 Å². The van der Waals surface area contributed by atoms with Gasteiger partial charge in [0.2, 0.25) is 5.91 Å². The number of carbonyl (C=O) groups excluding carboxylic acids is 1. The predicted molar refractivity (Wildman–Crippen MR) is 55.2 cm³/mol. The Morgan fingerprint density at radius 3 is 2.71 bits per heavy atom. The Kier molecular flexibility index (Phi) is 2.58. The van der Waals surface area contributed by atoms with Crippen LogP contribution in [0.4, 0.5) is 0 Å². The van der Waals surface area contributed by atoms with Crippen LogP contribution in [0.15, 0.2) is 35.3 Å². The highest BCUT2D eigenvalue weighted by Crippen LogP contribution is 2.02. The van der Waals surface area contributed by atoms with Crippen LogP contribution in [0.3, 0.4) is 0 Å². The monoisotopic (exact) mass is 188 g/mol. The topological polar surface area (TPSA) is 41.5 Å². The molecule has 1 N–H and O–H groups in total. The number of hydrogen-bond donors (Lipinski definition) is 1. The van der Waals surface area contributed by atoms with Gasteiger partial charge in [0.1, 0.15) is 5.84 Å². The summed E-state index contributed by atoms with van der Waals surface area (Å²) in [6.07, 6.45) is 1.32. The van der Waals surface area contributed by atoms with E-state index in [2.05, 4.69) is 10.3 Å². The van der Waals surface area contributed by atoms with E-state index in [4.69, 9.17) is 0 Å². The summed E-state index contributed by atoms with van der Waals surface area (Å²) in [6.45, 7) is 0.705. The lowest BCUT2D eigenvalue weighted by Crippen LogP contribution is -2.25. The normalized spacial score (nSPS) is 13.3. The largest absolute Gasteiger partial charge is 0.313 e. The van der Waals surface area contributed by atoms with Crippen LogP contribution in [0.2, 0.25) is 0 Å². The minimum atomic E-state index is 0.0603. The first-order valence-electron chi connectivity index (χ1n) is 4.72. The Hall–Kier alpha value is -1.64. The van der Waals surface area contributed by atoms with Gasteiger partial charge in [-0.3, -0.25) is 9.79 Å². The number of benzene rings is 1. The molecule has 0 aromatic heterocycles. The van der Waals surface area contributed by atoms with Gasteiger partial charge in [0, 0.05) is 6.42 Å². The van der Waals surface area contributed by atoms with E-state index in [1.165, 1.54) is 5.56 Å². The van der Waals surface area contributed by atoms with Crippen LogP contribution >= 0.6 is 0 Å². The molecule has 0 atom stereocenters. The number of nitrogens with one attached hydrogen (secondary N) is 1. The third-order valence-electron chi connectivity index (χ3n) is 2.08. The third-order valence-corrected chi connectivity index (χ3v) is 2.08. The van der Waals surface area contributed by atoms with E-state index in [1.807, 2.05) is 30.3 Å². The Labute approximate surface area is 82.9 Å². The fourth-order valence-corrected chi connectivity index (χ4v) is 1.24. The second-order valence-electron chi connectivity index (χ2n) is 3.30. The Morgan fingerprint density at radius 2 is 2.07 bits per heavy atom. The quantitative estimate of drug-likeness (QED) is 0.759. The van der Waals surface area contributed by atoms with E-state index in [9.17, 15) is 4.79 Å². The van der Waals surface area contributed by atoms with Crippen LogP contribution in [-0.4, -0.2) is 18.3 Å². The van der Waals surface area contributed by atoms with Crippen LogP contribution in [0.5, 0.6) is 0 Å². The summed E-state index contributed by atoms with van der Waals surface area (Å²) in [4.78, 5) is 15.2. The van der Waals surface area contributed by atoms with E-state index in [0.29, 0.717) is 13.0 Å². The van der Waals surface area contributed by atoms with E-state index in [0.717, 1.165) is 12.3 Å². The van der Waals surface area contributed by atoms with E-state index in [-0.39, 0.29) is 5.91 Å². The highest BCUT2D eigenvalue weighted by atomic mass is 16.1. The average Bonchev–Trinajstić information content (AvgIpc) is 3.00. The van der Waals surface area contributed by atoms with Gasteiger partial charge in [-0.1, -0.05) is 30.3 Å². The van der Waals surface area contributed by atoms with Crippen molar-refractivity contribution in [1.29, 1.82) is 0 Å². The maximum atomic E-state index is 11.3. The molecule has 72 valence electrons. The first-order valence-corrected chi connectivity index (χ1v) is 4.72. The van der Waals surface area contributed by atoms with Gasteiger partial charge in [0.15, 0.2) is 0 Å². The standard InChI is InChI=1S/C11H12N2O/c14-11(13-10-8-12-10)7-6-9-4-2-1-3-5-9/h1-5H,6-8H2,(H,12,13,14). The van der Waals surface area contributed by atoms with Crippen LogP contribution in [0.1, 0.15) is 12.0 Å². The number of rotatable bonds is 3. The van der Waals surface area contributed by atoms with Gasteiger partial charge in [-0.05, 0) is 12.0 Å². The molecule has 1 heterocycles. The van der Waals surface area contributed by atoms with E-state index < -0.39 is 0 Å². The summed E-state index contributed by atoms with van der Waals surface area (Å²) in [7, 11) is 0. The lowest BCUT2D eigenvalue weighted by molar-refractivity contribution is -0.119. The van der Waals surface area contributed by atoms with Crippen molar-refractivity contribution in [3.05, 3.63) is 35.9 Å². The number of amidine groups is 1. The highest BCUT2D eigenvalue weighted by Gasteiger charge is 2.12. The third kappa shape index (κ3) is 2.69. The number of carbonyl (C=O) groups is 1. The summed E-state index contributed by atoms with van der Waals surface area (Å²) >= 11 is 0. The molecule has 0 unspecified atom stereocenters. The molecule has 0 spiro atoms. The average molecular weight is 188 g/mol. The van der Waals surface area contributed by atoms with Crippen molar-refractivity contribution < 1.29 is 4.79 Å². The number of hydrogen-bond acceptors (Lipinski definition) is 2. The van der Waals surface area contributed by atoms with Crippen LogP contribution in [-0.2, 0) is 11.2 Å². The van der Waals surface area contributed by atoms with E-state index in [1.54, 1.807) is 0 Å². The van der Waals surface area contributed by atoms with E-state index >= 15 is 0 Å². The molecule has 0 saturated heterocycles. The molecule has 0 saturated carbocycles. The number of nitrogens with zero attached hydrogens (tertiary/aromatic N) is 1. The van der Waals surface area contributed by atoms with Crippen LogP contribution in [0, 0.1) is 0 Å². The van der Waals surface area contributed by atoms with Crippen molar-refractivity contribution >= 4 is 11.7 Å². The molecular weight excluding hydrogens is 176 g/mol. The first-order chi connectivity index (χ1) is 6.84. The number of amides is 1. The van der Waals surface area contributed by atoms with Gasteiger partial charge in [0.25, 0.3) is 0 Å². The second-order valence-corrected chi connectivity index (χ2v) is 3.30. The summed E-state index contributed by atoms with van der Waals surface area (Å²) < 4.78 is 0. The van der Waals surface area contributed by atoms with Crippen LogP contribution in [0.25, 0.3) is 0 Å². The molecule has 1 aromatic rings. The maximum Gasteiger partial charge on any atom is 0.225 e. The molecule has 2 rings (SSSR count). The highest BCUT2D eigenvalue weighted by molar-refractivity contribution is 6.05. The zero-order chi connectivity index (χ0) is 9.80. The van der Waals surface area contributed by atoms with Gasteiger partial charge in [-0.15, -0.1) is 0 Å². The summed E-state index contributed by atoms with van der Waals surface area (Å²) in [5, 5.41) is 2.74. The van der Waals surface area contributed by atoms with Crippen molar-refractivity contribution in [2.24, 2.45) is 4.99 Å². The zero-order valence-corrected chi connectivity index (χ0v) is 7.86. The van der Waals surface area contributed by atoms with Gasteiger partial charge in [-0.25, -0.2) is 0 Å². The molecular formula is C11H12N2O. The van der Waals surface area contributed by atoms with Crippen molar-refractivity contribution in [3.63, 3.8) is 0 Å². The molecule has 1 aliphatic heterocycles. The predicted octanol–water partition coefficient (Wildman–Crippen LogP) is 1.15. The lowest BCUT2D eigenvalue weighted by Gasteiger charge is -2.00. The van der Waals surface area contributed by atoms with Gasteiger partial charge < -0.3 is 5.32 Å². The molecule has 0 aliphatic carbocycles. The van der Waals surface area contributed by atoms with Gasteiger partial charge in [-0.2, -0.15) is 0 Å². The molecule has 0 fully saturated rings. The lowest BCUT2D eigenvalue weighted by atomic mass is 10.1. The maximum absolute atomic E-state index is 11.3. The fourth-order valence-electron chi connectivity index (χ4n) is 1.24. The van der Waals surface area contributed by atoms with Crippen LogP contribution < -0.4 is 5.32 Å². The minimum absolute atomic E-state index is 0.0603. The Morgan fingerprint density at radius 1 is 1.36 bits per heavy atom. The Balaban J connectivity index is 1.76. The van der Waals surface area contributed by atoms with Crippen molar-refractivity contribution in [2.45, 2.75) is 12.8 Å². The molecule has 1 amide bonds. The minimum Gasteiger partial charge on any atom is -0.313 e. The molecule has 1 aliphatic rings. The zero-order valence-electron chi connectivity index (χ0n) is 7.86. The van der Waals surface area contributed by atoms with Gasteiger partial charge >= 0.3 is 0 Å². The molecule has 0 bridgehead atoms. The van der Waals surface area contributed by atoms with Crippen molar-refractivity contribution in [1.82, 2.24) is 5.32 Å². The number of aliphatic imine (C=N–C) groups is 1. The summed E-state index contributed by atoms with van der Waals surface area (Å²) in [6, 6.07) is 10.0. The smallest absolute Gasteiger partial charge is 0.225 e. The molecule has 1 aromatic carbocycles. The number of aryl methyl sites for hydroxylation is 1. The molecule has 0 radical (unpaired) electrons. The SMILES string of the molecule is O=C(CCc1ccccc1)NC1=NC1. The fraction of sp³-hybridized carbons (Fsp3) is 0.273. The Bertz CT molecular complexity index is 357. The van der Waals surface area contributed by atoms with Crippen molar-refractivity contribution in [3.8, 4) is 0 Å². The summed E-state index contributed by atoms with van der Waals surface area (Å²) in [5.41, 5.74) is 1.19. The second kappa shape index (κ2) is 4.05. The molecule has 3 heteroatoms. The molecule has 14 heavy (non-hydrogen) atoms.